The first-order chi connectivity index (χ1) is 14.1. The van der Waals surface area contributed by atoms with E-state index in [1.54, 1.807) is 19.1 Å². The monoisotopic (exact) mass is 478 g/mol. The van der Waals surface area contributed by atoms with Gasteiger partial charge in [0.05, 0.1) is 5.71 Å². The van der Waals surface area contributed by atoms with Crippen LogP contribution in [0.4, 0.5) is 13.2 Å². The molecular formula is C20H16Cl3F3N2O2. The summed E-state index contributed by atoms with van der Waals surface area (Å²) >= 11 is 18.1. The Balaban J connectivity index is 1.89. The lowest BCUT2D eigenvalue weighted by atomic mass is 9.86. The van der Waals surface area contributed by atoms with Crippen LogP contribution in [0.1, 0.15) is 36.5 Å². The lowest BCUT2D eigenvalue weighted by Gasteiger charge is -2.29. The second-order valence-corrected chi connectivity index (χ2v) is 8.01. The van der Waals surface area contributed by atoms with Crippen molar-refractivity contribution in [3.8, 4) is 0 Å². The number of carbonyl (C=O) groups is 1. The minimum atomic E-state index is -4.78. The van der Waals surface area contributed by atoms with Crippen molar-refractivity contribution in [1.29, 1.82) is 0 Å². The number of nitrogens with zero attached hydrogens (tertiary/aromatic N) is 1. The Kier molecular flexibility index (Phi) is 6.55. The van der Waals surface area contributed by atoms with Gasteiger partial charge in [-0.2, -0.15) is 13.2 Å². The molecular weight excluding hydrogens is 464 g/mol. The fourth-order valence-corrected chi connectivity index (χ4v) is 3.81. The van der Waals surface area contributed by atoms with Gasteiger partial charge in [0, 0.05) is 45.6 Å². The first-order valence-corrected chi connectivity index (χ1v) is 10.0. The van der Waals surface area contributed by atoms with Crippen LogP contribution >= 0.6 is 34.8 Å². The first-order valence-electron chi connectivity index (χ1n) is 8.89. The molecule has 1 aliphatic rings. The number of rotatable bonds is 5. The van der Waals surface area contributed by atoms with E-state index >= 15 is 0 Å². The van der Waals surface area contributed by atoms with Crippen molar-refractivity contribution in [2.45, 2.75) is 38.1 Å². The summed E-state index contributed by atoms with van der Waals surface area (Å²) in [5, 5.41) is 6.80. The fraction of sp³-hybridized carbons (Fsp3) is 0.300. The second kappa shape index (κ2) is 8.65. The van der Waals surface area contributed by atoms with E-state index in [1.807, 2.05) is 0 Å². The highest BCUT2D eigenvalue weighted by Crippen LogP contribution is 2.49. The predicted molar refractivity (Wildman–Crippen MR) is 110 cm³/mol. The van der Waals surface area contributed by atoms with Crippen LogP contribution in [0.25, 0.3) is 0 Å². The number of nitrogens with one attached hydrogen (secondary N) is 1. The van der Waals surface area contributed by atoms with Gasteiger partial charge in [0.15, 0.2) is 0 Å². The number of halogens is 6. The number of oxime groups is 1. The normalized spacial score (nSPS) is 18.7. The van der Waals surface area contributed by atoms with E-state index in [-0.39, 0.29) is 33.8 Å². The van der Waals surface area contributed by atoms with E-state index in [4.69, 9.17) is 39.6 Å². The molecule has 30 heavy (non-hydrogen) atoms. The summed E-state index contributed by atoms with van der Waals surface area (Å²) in [6, 6.07) is 8.36. The Bertz CT molecular complexity index is 991. The summed E-state index contributed by atoms with van der Waals surface area (Å²) in [5.74, 6) is -0.140. The zero-order chi connectivity index (χ0) is 22.1. The van der Waals surface area contributed by atoms with Gasteiger partial charge in [-0.25, -0.2) is 0 Å². The molecule has 0 saturated heterocycles. The van der Waals surface area contributed by atoms with Gasteiger partial charge in [-0.15, -0.1) is 0 Å². The maximum Gasteiger partial charge on any atom is 0.435 e. The largest absolute Gasteiger partial charge is 0.435 e. The predicted octanol–water partition coefficient (Wildman–Crippen LogP) is 6.26. The molecule has 0 spiro atoms. The Labute approximate surface area is 185 Å². The third-order valence-electron chi connectivity index (χ3n) is 4.70. The SMILES string of the molecule is CCC(=O)NCc1ccc(C2=NOC(c3cc(Cl)cc(Cl)c3)(C(F)(F)F)C2)cc1Cl. The smallest absolute Gasteiger partial charge is 0.374 e. The topological polar surface area (TPSA) is 50.7 Å². The summed E-state index contributed by atoms with van der Waals surface area (Å²) in [5.41, 5.74) is -1.86. The summed E-state index contributed by atoms with van der Waals surface area (Å²) in [7, 11) is 0. The van der Waals surface area contributed by atoms with Crippen LogP contribution in [-0.2, 0) is 21.8 Å². The van der Waals surface area contributed by atoms with E-state index in [0.717, 1.165) is 12.1 Å². The summed E-state index contributed by atoms with van der Waals surface area (Å²) in [6.45, 7) is 1.93. The number of hydrogen-bond donors (Lipinski definition) is 1. The molecule has 2 aromatic carbocycles. The maximum atomic E-state index is 14.1. The van der Waals surface area contributed by atoms with Crippen LogP contribution in [-0.4, -0.2) is 17.8 Å². The molecule has 1 atom stereocenters. The highest BCUT2D eigenvalue weighted by atomic mass is 35.5. The molecule has 1 unspecified atom stereocenters. The third kappa shape index (κ3) is 4.53. The van der Waals surface area contributed by atoms with Crippen molar-refractivity contribution in [3.05, 3.63) is 68.2 Å². The Morgan fingerprint density at radius 1 is 1.17 bits per heavy atom. The van der Waals surface area contributed by atoms with Gasteiger partial charge in [-0.05, 0) is 29.8 Å². The summed E-state index contributed by atoms with van der Waals surface area (Å²) < 4.78 is 42.2. The van der Waals surface area contributed by atoms with E-state index in [0.29, 0.717) is 22.6 Å². The van der Waals surface area contributed by atoms with Crippen molar-refractivity contribution >= 4 is 46.4 Å². The standard InChI is InChI=1S/C20H16Cl3F3N2O2/c1-2-18(29)27-10-12-4-3-11(5-16(12)23)17-9-19(30-28-17,20(24,25)26)13-6-14(21)8-15(22)7-13/h3-8H,2,9-10H2,1H3,(H,27,29). The van der Waals surface area contributed by atoms with Crippen molar-refractivity contribution in [1.82, 2.24) is 5.32 Å². The van der Waals surface area contributed by atoms with Gasteiger partial charge in [-0.1, -0.05) is 59.0 Å². The summed E-state index contributed by atoms with van der Waals surface area (Å²) in [6.07, 6.45) is -5.02. The molecule has 0 saturated carbocycles. The van der Waals surface area contributed by atoms with Crippen molar-refractivity contribution in [2.75, 3.05) is 0 Å². The molecule has 1 N–H and O–H groups in total. The van der Waals surface area contributed by atoms with Crippen molar-refractivity contribution in [3.63, 3.8) is 0 Å². The van der Waals surface area contributed by atoms with Crippen LogP contribution in [0.2, 0.25) is 15.1 Å². The second-order valence-electron chi connectivity index (χ2n) is 6.73. The molecule has 10 heteroatoms. The van der Waals surface area contributed by atoms with E-state index < -0.39 is 18.2 Å². The number of alkyl halides is 3. The van der Waals surface area contributed by atoms with Crippen molar-refractivity contribution in [2.24, 2.45) is 5.16 Å². The Morgan fingerprint density at radius 2 is 1.83 bits per heavy atom. The molecule has 0 aromatic heterocycles. The van der Waals surface area contributed by atoms with Gasteiger partial charge in [0.2, 0.25) is 5.91 Å². The molecule has 1 aliphatic heterocycles. The molecule has 0 bridgehead atoms. The van der Waals surface area contributed by atoms with Crippen LogP contribution < -0.4 is 5.32 Å². The molecule has 2 aromatic rings. The maximum absolute atomic E-state index is 14.1. The van der Waals surface area contributed by atoms with Gasteiger partial charge in [0.25, 0.3) is 5.60 Å². The van der Waals surface area contributed by atoms with Crippen LogP contribution in [0.5, 0.6) is 0 Å². The van der Waals surface area contributed by atoms with Gasteiger partial charge < -0.3 is 10.2 Å². The Morgan fingerprint density at radius 3 is 2.40 bits per heavy atom. The zero-order valence-electron chi connectivity index (χ0n) is 15.6. The van der Waals surface area contributed by atoms with E-state index in [2.05, 4.69) is 10.5 Å². The quantitative estimate of drug-likeness (QED) is 0.551. The highest BCUT2D eigenvalue weighted by Gasteiger charge is 2.62. The minimum Gasteiger partial charge on any atom is -0.374 e. The highest BCUT2D eigenvalue weighted by molar-refractivity contribution is 6.34. The zero-order valence-corrected chi connectivity index (χ0v) is 17.9. The van der Waals surface area contributed by atoms with Crippen LogP contribution in [0, 0.1) is 0 Å². The number of benzene rings is 2. The first kappa shape index (κ1) is 22.7. The fourth-order valence-electron chi connectivity index (χ4n) is 3.03. The Hall–Kier alpha value is -1.96. The van der Waals surface area contributed by atoms with Crippen LogP contribution in [0.3, 0.4) is 0 Å². The van der Waals surface area contributed by atoms with Gasteiger partial charge in [-0.3, -0.25) is 4.79 Å². The molecule has 0 fully saturated rings. The molecule has 4 nitrogen and oxygen atoms in total. The van der Waals surface area contributed by atoms with E-state index in [9.17, 15) is 18.0 Å². The van der Waals surface area contributed by atoms with Gasteiger partial charge in [0.1, 0.15) is 0 Å². The molecule has 160 valence electrons. The lowest BCUT2D eigenvalue weighted by Crippen LogP contribution is -2.42. The molecule has 1 heterocycles. The number of hydrogen-bond acceptors (Lipinski definition) is 3. The number of amides is 1. The van der Waals surface area contributed by atoms with Gasteiger partial charge >= 0.3 is 6.18 Å². The van der Waals surface area contributed by atoms with Crippen LogP contribution in [0.15, 0.2) is 41.6 Å². The van der Waals surface area contributed by atoms with E-state index in [1.165, 1.54) is 12.1 Å². The summed E-state index contributed by atoms with van der Waals surface area (Å²) in [4.78, 5) is 16.4. The average Bonchev–Trinajstić information content (AvgIpc) is 3.13. The molecule has 3 rings (SSSR count). The average molecular weight is 480 g/mol. The molecule has 0 aliphatic carbocycles. The lowest BCUT2D eigenvalue weighted by molar-refractivity contribution is -0.275. The minimum absolute atomic E-state index is 0.0553. The molecule has 0 radical (unpaired) electrons. The number of carbonyl (C=O) groups excluding carboxylic acids is 1. The third-order valence-corrected chi connectivity index (χ3v) is 5.49. The molecule has 1 amide bonds. The van der Waals surface area contributed by atoms with Crippen molar-refractivity contribution < 1.29 is 22.8 Å².